The molecule has 0 aliphatic rings. The summed E-state index contributed by atoms with van der Waals surface area (Å²) < 4.78 is 16.7. The Kier molecular flexibility index (Phi) is 50.0. The minimum atomic E-state index is -0.815. The second-order valence-corrected chi connectivity index (χ2v) is 17.5. The van der Waals surface area contributed by atoms with Gasteiger partial charge in [0.05, 0.1) is 0 Å². The number of carbonyl (C=O) groups is 3. The first-order valence-corrected chi connectivity index (χ1v) is 26.8. The van der Waals surface area contributed by atoms with Gasteiger partial charge in [0.1, 0.15) is 13.2 Å². The van der Waals surface area contributed by atoms with Crippen LogP contribution >= 0.6 is 0 Å². The Morgan fingerprint density at radius 2 is 0.631 bits per heavy atom. The fourth-order valence-corrected chi connectivity index (χ4v) is 7.16. The molecule has 0 heterocycles. The number of carbonyl (C=O) groups excluding carboxylic acids is 3. The predicted molar refractivity (Wildman–Crippen MR) is 279 cm³/mol. The van der Waals surface area contributed by atoms with Crippen molar-refractivity contribution in [1.29, 1.82) is 0 Å². The van der Waals surface area contributed by atoms with Crippen molar-refractivity contribution in [3.63, 3.8) is 0 Å². The summed E-state index contributed by atoms with van der Waals surface area (Å²) in [6.07, 6.45) is 69.7. The smallest absolute Gasteiger partial charge is 0.306 e. The van der Waals surface area contributed by atoms with Gasteiger partial charge in [-0.2, -0.15) is 0 Å². The summed E-state index contributed by atoms with van der Waals surface area (Å²) in [4.78, 5) is 38.0. The first-order valence-electron chi connectivity index (χ1n) is 26.8. The van der Waals surface area contributed by atoms with Crippen LogP contribution in [0.25, 0.3) is 0 Å². The molecule has 0 rings (SSSR count). The van der Waals surface area contributed by atoms with Crippen LogP contribution in [-0.2, 0) is 28.6 Å². The Hall–Kier alpha value is -3.67. The standard InChI is InChI=1S/C59H98O6/c1-4-7-10-13-16-19-22-25-27-28-29-30-32-34-37-40-43-46-49-52-58(61)64-55-56(54-63-57(60)51-48-45-42-39-36-33-24-21-18-15-12-9-6-3)65-59(62)53-50-47-44-41-38-35-31-26-23-20-17-14-11-8-5-2/h9,12,15,17-18,20-21,23-24,26,28-29,33,36,39,42,56H,4-8,10-11,13-14,16,19,22,25,27,30-32,34-35,37-38,40-41,43-55H2,1-3H3/b12-9-,18-15-,20-17-,24-21-,26-23-,29-28-,36-33-,42-39-. The van der Waals surface area contributed by atoms with Gasteiger partial charge in [0.2, 0.25) is 0 Å². The van der Waals surface area contributed by atoms with Crippen LogP contribution in [0.5, 0.6) is 0 Å². The van der Waals surface area contributed by atoms with E-state index in [1.807, 2.05) is 54.7 Å². The summed E-state index contributed by atoms with van der Waals surface area (Å²) in [7, 11) is 0. The Bertz CT molecular complexity index is 1310. The maximum absolute atomic E-state index is 12.8. The summed E-state index contributed by atoms with van der Waals surface area (Å²) >= 11 is 0. The van der Waals surface area contributed by atoms with Gasteiger partial charge in [0.15, 0.2) is 6.10 Å². The number of esters is 3. The van der Waals surface area contributed by atoms with E-state index in [-0.39, 0.29) is 37.5 Å². The van der Waals surface area contributed by atoms with Gasteiger partial charge < -0.3 is 14.2 Å². The van der Waals surface area contributed by atoms with Crippen LogP contribution in [-0.4, -0.2) is 37.2 Å². The fraction of sp³-hybridized carbons (Fsp3) is 0.678. The van der Waals surface area contributed by atoms with E-state index < -0.39 is 6.10 Å². The van der Waals surface area contributed by atoms with E-state index in [4.69, 9.17) is 14.2 Å². The van der Waals surface area contributed by atoms with Gasteiger partial charge in [-0.25, -0.2) is 0 Å². The monoisotopic (exact) mass is 903 g/mol. The molecule has 65 heavy (non-hydrogen) atoms. The lowest BCUT2D eigenvalue weighted by Crippen LogP contribution is -2.30. The lowest BCUT2D eigenvalue weighted by Gasteiger charge is -2.18. The summed E-state index contributed by atoms with van der Waals surface area (Å²) in [6.45, 7) is 6.39. The zero-order valence-corrected chi connectivity index (χ0v) is 42.2. The highest BCUT2D eigenvalue weighted by atomic mass is 16.6. The average Bonchev–Trinajstić information content (AvgIpc) is 3.30. The molecule has 0 aliphatic carbocycles. The second-order valence-electron chi connectivity index (χ2n) is 17.5. The predicted octanol–water partition coefficient (Wildman–Crippen LogP) is 17.8. The highest BCUT2D eigenvalue weighted by Crippen LogP contribution is 2.14. The first kappa shape index (κ1) is 61.3. The van der Waals surface area contributed by atoms with Crippen molar-refractivity contribution in [3.05, 3.63) is 97.2 Å². The van der Waals surface area contributed by atoms with Gasteiger partial charge >= 0.3 is 17.9 Å². The van der Waals surface area contributed by atoms with Crippen LogP contribution < -0.4 is 0 Å². The Morgan fingerprint density at radius 1 is 0.323 bits per heavy atom. The second kappa shape index (κ2) is 52.9. The molecule has 0 spiro atoms. The molecule has 0 aromatic rings. The molecule has 0 bridgehead atoms. The largest absolute Gasteiger partial charge is 0.462 e. The summed E-state index contributed by atoms with van der Waals surface area (Å²) in [6, 6.07) is 0. The molecule has 0 amide bonds. The number of hydrogen-bond donors (Lipinski definition) is 0. The van der Waals surface area contributed by atoms with Crippen LogP contribution in [0.1, 0.15) is 239 Å². The van der Waals surface area contributed by atoms with E-state index >= 15 is 0 Å². The van der Waals surface area contributed by atoms with Gasteiger partial charge in [-0.15, -0.1) is 0 Å². The molecule has 0 aromatic heterocycles. The molecule has 1 unspecified atom stereocenters. The van der Waals surface area contributed by atoms with Crippen molar-refractivity contribution in [2.75, 3.05) is 13.2 Å². The minimum Gasteiger partial charge on any atom is -0.462 e. The highest BCUT2D eigenvalue weighted by Gasteiger charge is 2.19. The maximum Gasteiger partial charge on any atom is 0.306 e. The maximum atomic E-state index is 12.8. The molecule has 0 N–H and O–H groups in total. The van der Waals surface area contributed by atoms with E-state index in [1.165, 1.54) is 128 Å². The molecule has 370 valence electrons. The van der Waals surface area contributed by atoms with Gasteiger partial charge in [0.25, 0.3) is 0 Å². The number of allylic oxidation sites excluding steroid dienone is 16. The van der Waals surface area contributed by atoms with Crippen molar-refractivity contribution in [1.82, 2.24) is 0 Å². The molecule has 0 saturated heterocycles. The molecule has 1 atom stereocenters. The zero-order valence-electron chi connectivity index (χ0n) is 42.2. The molecule has 0 aromatic carbocycles. The minimum absolute atomic E-state index is 0.108. The van der Waals surface area contributed by atoms with Crippen LogP contribution in [0.15, 0.2) is 97.2 Å². The van der Waals surface area contributed by atoms with E-state index in [2.05, 4.69) is 63.3 Å². The van der Waals surface area contributed by atoms with Crippen LogP contribution in [0.4, 0.5) is 0 Å². The van der Waals surface area contributed by atoms with E-state index in [0.29, 0.717) is 19.3 Å². The van der Waals surface area contributed by atoms with Crippen LogP contribution in [0.3, 0.4) is 0 Å². The van der Waals surface area contributed by atoms with Crippen molar-refractivity contribution in [2.24, 2.45) is 0 Å². The Balaban J connectivity index is 4.46. The quantitative estimate of drug-likeness (QED) is 0.0199. The molecule has 0 radical (unpaired) electrons. The van der Waals surface area contributed by atoms with Crippen molar-refractivity contribution >= 4 is 17.9 Å². The molecular weight excluding hydrogens is 805 g/mol. The molecule has 6 heteroatoms. The van der Waals surface area contributed by atoms with E-state index in [9.17, 15) is 14.4 Å². The van der Waals surface area contributed by atoms with Crippen molar-refractivity contribution in [3.8, 4) is 0 Å². The number of unbranched alkanes of at least 4 members (excludes halogenated alkanes) is 25. The number of ether oxygens (including phenoxy) is 3. The van der Waals surface area contributed by atoms with Crippen LogP contribution in [0.2, 0.25) is 0 Å². The number of rotatable bonds is 47. The third-order valence-electron chi connectivity index (χ3n) is 11.2. The van der Waals surface area contributed by atoms with E-state index in [0.717, 1.165) is 64.2 Å². The van der Waals surface area contributed by atoms with Gasteiger partial charge in [-0.1, -0.05) is 234 Å². The summed E-state index contributed by atoms with van der Waals surface area (Å²) in [5.41, 5.74) is 0. The molecular formula is C59H98O6. The molecule has 0 aliphatic heterocycles. The molecule has 0 saturated carbocycles. The Labute approximate surface area is 400 Å². The topological polar surface area (TPSA) is 78.9 Å². The fourth-order valence-electron chi connectivity index (χ4n) is 7.16. The Morgan fingerprint density at radius 3 is 1.09 bits per heavy atom. The lowest BCUT2D eigenvalue weighted by atomic mass is 10.1. The lowest BCUT2D eigenvalue weighted by molar-refractivity contribution is -0.167. The third kappa shape index (κ3) is 51.2. The van der Waals surface area contributed by atoms with Crippen molar-refractivity contribution < 1.29 is 28.6 Å². The number of hydrogen-bond acceptors (Lipinski definition) is 6. The van der Waals surface area contributed by atoms with Gasteiger partial charge in [0, 0.05) is 19.3 Å². The van der Waals surface area contributed by atoms with Crippen molar-refractivity contribution in [2.45, 2.75) is 245 Å². The molecule has 0 fully saturated rings. The summed E-state index contributed by atoms with van der Waals surface area (Å²) in [5.74, 6) is -1.00. The normalized spacial score (nSPS) is 12.8. The average molecular weight is 903 g/mol. The van der Waals surface area contributed by atoms with Gasteiger partial charge in [-0.3, -0.25) is 14.4 Å². The van der Waals surface area contributed by atoms with Gasteiger partial charge in [-0.05, 0) is 83.5 Å². The third-order valence-corrected chi connectivity index (χ3v) is 11.2. The highest BCUT2D eigenvalue weighted by molar-refractivity contribution is 5.71. The zero-order chi connectivity index (χ0) is 47.2. The first-order chi connectivity index (χ1) is 32.0. The van der Waals surface area contributed by atoms with Crippen LogP contribution in [0, 0.1) is 0 Å². The summed E-state index contributed by atoms with van der Waals surface area (Å²) in [5, 5.41) is 0. The van der Waals surface area contributed by atoms with E-state index in [1.54, 1.807) is 0 Å². The molecule has 6 nitrogen and oxygen atoms in total. The SMILES string of the molecule is CC\C=C/C=C\C=C/C=C\C=C/CCCC(=O)OCC(COC(=O)CCCCCCCCC/C=C\CCCCCCCCCC)OC(=O)CCCCCCCC/C=C\C=C/CCCCC.